The number of nitrogens with one attached hydrogen (secondary N) is 1. The van der Waals surface area contributed by atoms with Gasteiger partial charge in [-0.15, -0.1) is 0 Å². The Labute approximate surface area is 153 Å². The van der Waals surface area contributed by atoms with Crippen LogP contribution in [0.15, 0.2) is 15.4 Å². The Balaban J connectivity index is 2.38. The van der Waals surface area contributed by atoms with E-state index >= 15 is 0 Å². The molecule has 9 heteroatoms. The molecule has 2 aromatic heterocycles. The molecule has 0 bridgehead atoms. The van der Waals surface area contributed by atoms with Crippen LogP contribution in [0.2, 0.25) is 0 Å². The number of carbonyl (C=O) groups is 1. The zero-order valence-corrected chi connectivity index (χ0v) is 16.9. The normalized spacial score (nSPS) is 12.4. The SMILES string of the molecule is COC(=O)c1oc(Cn2nc(C)c(S(=O)(=O)NC(C)(C)C)c2C)cc1C. The summed E-state index contributed by atoms with van der Waals surface area (Å²) in [7, 11) is -2.43. The number of sulfonamides is 1. The van der Waals surface area contributed by atoms with Crippen LogP contribution in [-0.4, -0.2) is 36.8 Å². The lowest BCUT2D eigenvalue weighted by Crippen LogP contribution is -2.40. The van der Waals surface area contributed by atoms with Gasteiger partial charge in [0.05, 0.1) is 25.0 Å². The molecule has 0 saturated carbocycles. The molecule has 0 aliphatic rings. The predicted octanol–water partition coefficient (Wildman–Crippen LogP) is 2.31. The van der Waals surface area contributed by atoms with Gasteiger partial charge in [-0.25, -0.2) is 17.9 Å². The molecule has 0 unspecified atom stereocenters. The van der Waals surface area contributed by atoms with E-state index in [1.165, 1.54) is 7.11 Å². The molecule has 0 amide bonds. The lowest BCUT2D eigenvalue weighted by Gasteiger charge is -2.20. The second kappa shape index (κ2) is 6.88. The molecule has 2 rings (SSSR count). The quantitative estimate of drug-likeness (QED) is 0.795. The van der Waals surface area contributed by atoms with E-state index in [9.17, 15) is 13.2 Å². The number of aromatic nitrogens is 2. The predicted molar refractivity (Wildman–Crippen MR) is 95.7 cm³/mol. The first-order valence-corrected chi connectivity index (χ1v) is 9.59. The topological polar surface area (TPSA) is 103 Å². The van der Waals surface area contributed by atoms with Crippen LogP contribution in [0.1, 0.15) is 54.0 Å². The van der Waals surface area contributed by atoms with Crippen molar-refractivity contribution >= 4 is 16.0 Å². The summed E-state index contributed by atoms with van der Waals surface area (Å²) >= 11 is 0. The monoisotopic (exact) mass is 383 g/mol. The summed E-state index contributed by atoms with van der Waals surface area (Å²) in [6.45, 7) is 10.6. The van der Waals surface area contributed by atoms with Crippen LogP contribution < -0.4 is 4.72 Å². The smallest absolute Gasteiger partial charge is 0.374 e. The van der Waals surface area contributed by atoms with Crippen LogP contribution in [0.5, 0.6) is 0 Å². The van der Waals surface area contributed by atoms with Gasteiger partial charge in [-0.05, 0) is 47.6 Å². The third-order valence-electron chi connectivity index (χ3n) is 3.67. The maximum atomic E-state index is 12.7. The fourth-order valence-electron chi connectivity index (χ4n) is 2.75. The lowest BCUT2D eigenvalue weighted by molar-refractivity contribution is 0.0561. The summed E-state index contributed by atoms with van der Waals surface area (Å²) in [5.41, 5.74) is 0.937. The number of hydrogen-bond acceptors (Lipinski definition) is 6. The van der Waals surface area contributed by atoms with E-state index in [1.807, 2.05) is 0 Å². The van der Waals surface area contributed by atoms with Gasteiger partial charge >= 0.3 is 5.97 Å². The minimum atomic E-state index is -3.71. The van der Waals surface area contributed by atoms with Crippen molar-refractivity contribution in [1.82, 2.24) is 14.5 Å². The highest BCUT2D eigenvalue weighted by Gasteiger charge is 2.29. The van der Waals surface area contributed by atoms with E-state index in [1.54, 1.807) is 52.3 Å². The van der Waals surface area contributed by atoms with Gasteiger partial charge in [0.25, 0.3) is 0 Å². The Bertz CT molecular complexity index is 932. The molecule has 2 aromatic rings. The molecule has 0 atom stereocenters. The number of aryl methyl sites for hydroxylation is 2. The van der Waals surface area contributed by atoms with E-state index < -0.39 is 21.5 Å². The fraction of sp³-hybridized carbons (Fsp3) is 0.529. The number of esters is 1. The number of methoxy groups -OCH3 is 1. The summed E-state index contributed by atoms with van der Waals surface area (Å²) in [5.74, 6) is 0.0623. The Morgan fingerprint density at radius 1 is 1.31 bits per heavy atom. The Morgan fingerprint density at radius 2 is 1.92 bits per heavy atom. The third kappa shape index (κ3) is 4.16. The van der Waals surface area contributed by atoms with Crippen LogP contribution >= 0.6 is 0 Å². The van der Waals surface area contributed by atoms with E-state index in [-0.39, 0.29) is 17.2 Å². The van der Waals surface area contributed by atoms with Crippen molar-refractivity contribution in [2.24, 2.45) is 0 Å². The van der Waals surface area contributed by atoms with E-state index in [4.69, 9.17) is 4.42 Å². The van der Waals surface area contributed by atoms with Crippen molar-refractivity contribution in [1.29, 1.82) is 0 Å². The van der Waals surface area contributed by atoms with Gasteiger partial charge in [0, 0.05) is 11.1 Å². The average Bonchev–Trinajstić information content (AvgIpc) is 2.96. The van der Waals surface area contributed by atoms with Gasteiger partial charge in [0.1, 0.15) is 10.7 Å². The molecule has 144 valence electrons. The number of hydrogen-bond donors (Lipinski definition) is 1. The van der Waals surface area contributed by atoms with Gasteiger partial charge in [-0.1, -0.05) is 0 Å². The Morgan fingerprint density at radius 3 is 2.46 bits per heavy atom. The maximum Gasteiger partial charge on any atom is 0.374 e. The average molecular weight is 383 g/mol. The number of carbonyl (C=O) groups excluding carboxylic acids is 1. The van der Waals surface area contributed by atoms with E-state index in [2.05, 4.69) is 14.6 Å². The number of rotatable bonds is 5. The molecular weight excluding hydrogens is 358 g/mol. The highest BCUT2D eigenvalue weighted by atomic mass is 32.2. The van der Waals surface area contributed by atoms with Crippen LogP contribution in [0.25, 0.3) is 0 Å². The summed E-state index contributed by atoms with van der Waals surface area (Å²) in [5, 5.41) is 4.33. The molecule has 0 aromatic carbocycles. The largest absolute Gasteiger partial charge is 0.463 e. The van der Waals surface area contributed by atoms with Gasteiger partial charge in [-0.2, -0.15) is 5.10 Å². The Hall–Kier alpha value is -2.13. The number of furan rings is 1. The molecular formula is C17H25N3O5S. The second-order valence-electron chi connectivity index (χ2n) is 7.23. The number of ether oxygens (including phenoxy) is 1. The molecule has 1 N–H and O–H groups in total. The highest BCUT2D eigenvalue weighted by molar-refractivity contribution is 7.89. The third-order valence-corrected chi connectivity index (χ3v) is 5.68. The minimum Gasteiger partial charge on any atom is -0.463 e. The first kappa shape index (κ1) is 20.2. The highest BCUT2D eigenvalue weighted by Crippen LogP contribution is 2.23. The lowest BCUT2D eigenvalue weighted by atomic mass is 10.1. The van der Waals surface area contributed by atoms with E-state index in [0.717, 1.165) is 0 Å². The van der Waals surface area contributed by atoms with Gasteiger partial charge in [0.2, 0.25) is 15.8 Å². The summed E-state index contributed by atoms with van der Waals surface area (Å²) in [6.07, 6.45) is 0. The molecule has 8 nitrogen and oxygen atoms in total. The van der Waals surface area contributed by atoms with Crippen molar-refractivity contribution in [3.63, 3.8) is 0 Å². The van der Waals surface area contributed by atoms with Crippen molar-refractivity contribution in [2.45, 2.75) is 58.5 Å². The van der Waals surface area contributed by atoms with Crippen molar-refractivity contribution in [3.8, 4) is 0 Å². The van der Waals surface area contributed by atoms with Crippen LogP contribution in [-0.2, 0) is 21.3 Å². The summed E-state index contributed by atoms with van der Waals surface area (Å²) < 4.78 is 39.8. The van der Waals surface area contributed by atoms with Crippen molar-refractivity contribution in [3.05, 3.63) is 34.5 Å². The van der Waals surface area contributed by atoms with Gasteiger partial charge in [0.15, 0.2) is 0 Å². The van der Waals surface area contributed by atoms with E-state index in [0.29, 0.717) is 22.7 Å². The summed E-state index contributed by atoms with van der Waals surface area (Å²) in [4.78, 5) is 11.8. The zero-order valence-electron chi connectivity index (χ0n) is 16.1. The number of nitrogens with zero attached hydrogens (tertiary/aromatic N) is 2. The first-order valence-electron chi connectivity index (χ1n) is 8.11. The minimum absolute atomic E-state index is 0.131. The molecule has 0 radical (unpaired) electrons. The zero-order chi connectivity index (χ0) is 19.9. The van der Waals surface area contributed by atoms with Crippen molar-refractivity contribution < 1.29 is 22.4 Å². The first-order chi connectivity index (χ1) is 11.9. The van der Waals surface area contributed by atoms with Crippen molar-refractivity contribution in [2.75, 3.05) is 7.11 Å². The maximum absolute atomic E-state index is 12.7. The molecule has 0 aliphatic heterocycles. The molecule has 0 spiro atoms. The van der Waals surface area contributed by atoms with Crippen LogP contribution in [0, 0.1) is 20.8 Å². The van der Waals surface area contributed by atoms with Gasteiger partial charge in [-0.3, -0.25) is 4.68 Å². The standard InChI is InChI=1S/C17H25N3O5S/c1-10-8-13(25-14(10)16(21)24-7)9-20-12(3)15(11(2)18-20)26(22,23)19-17(4,5)6/h8,19H,9H2,1-7H3. The molecule has 0 fully saturated rings. The van der Waals surface area contributed by atoms with Gasteiger partial charge < -0.3 is 9.15 Å². The molecule has 0 aliphatic carbocycles. The molecule has 26 heavy (non-hydrogen) atoms. The second-order valence-corrected chi connectivity index (χ2v) is 8.85. The molecule has 2 heterocycles. The van der Waals surface area contributed by atoms with Crippen LogP contribution in [0.4, 0.5) is 0 Å². The van der Waals surface area contributed by atoms with Crippen LogP contribution in [0.3, 0.4) is 0 Å². The fourth-order valence-corrected chi connectivity index (χ4v) is 4.58. The summed E-state index contributed by atoms with van der Waals surface area (Å²) in [6, 6.07) is 1.71. The molecule has 0 saturated heterocycles. The Kier molecular flexibility index (Phi) is 5.34.